The Morgan fingerprint density at radius 3 is 1.67 bits per heavy atom. The minimum absolute atomic E-state index is 0.0256. The van der Waals surface area contributed by atoms with Crippen LogP contribution >= 0.6 is 0 Å². The van der Waals surface area contributed by atoms with Gasteiger partial charge in [0.25, 0.3) is 0 Å². The zero-order valence-electron chi connectivity index (χ0n) is 26.3. The molecular weight excluding hydrogens is 580 g/mol. The standard InChI is InChI=1S/C34H50N2O9/c37-29(20-16-11-9-7-5-3-1-2-4-6-8-10-12-17-21-32(40)41)35-28(34(43)44-26-27-18-14-13-15-19-27)22-25-33(42)45-36-30(38)23-24-31(36)39/h13-15,18-19,23-24,28,38-39H,1-12,16-17,20-22,25-26H2,(H,35,37)(H,40,41)/t28-/m0/s1. The molecule has 250 valence electrons. The summed E-state index contributed by atoms with van der Waals surface area (Å²) < 4.78 is 5.97. The molecule has 1 heterocycles. The molecule has 0 aliphatic carbocycles. The number of aromatic hydroxyl groups is 2. The molecule has 1 atom stereocenters. The van der Waals surface area contributed by atoms with E-state index >= 15 is 0 Å². The Labute approximate surface area is 265 Å². The maximum Gasteiger partial charge on any atom is 0.333 e. The second-order valence-corrected chi connectivity index (χ2v) is 11.4. The fourth-order valence-electron chi connectivity index (χ4n) is 4.93. The van der Waals surface area contributed by atoms with Crippen LogP contribution in [0.2, 0.25) is 0 Å². The highest BCUT2D eigenvalue weighted by atomic mass is 16.7. The first-order valence-corrected chi connectivity index (χ1v) is 16.3. The van der Waals surface area contributed by atoms with Crippen molar-refractivity contribution in [2.75, 3.05) is 0 Å². The first-order valence-electron chi connectivity index (χ1n) is 16.3. The lowest BCUT2D eigenvalue weighted by molar-refractivity contribution is -0.150. The van der Waals surface area contributed by atoms with E-state index in [0.29, 0.717) is 11.2 Å². The average molecular weight is 631 g/mol. The number of unbranched alkanes of at least 4 members (excludes halogenated alkanes) is 13. The van der Waals surface area contributed by atoms with Gasteiger partial charge in [-0.25, -0.2) is 9.59 Å². The summed E-state index contributed by atoms with van der Waals surface area (Å²) in [6, 6.07) is 10.4. The molecule has 0 saturated carbocycles. The van der Waals surface area contributed by atoms with E-state index in [2.05, 4.69) is 5.32 Å². The molecule has 4 N–H and O–H groups in total. The van der Waals surface area contributed by atoms with Crippen molar-refractivity contribution in [3.8, 4) is 11.8 Å². The van der Waals surface area contributed by atoms with Gasteiger partial charge < -0.3 is 30.2 Å². The molecule has 1 aromatic heterocycles. The first-order chi connectivity index (χ1) is 21.8. The predicted octanol–water partition coefficient (Wildman–Crippen LogP) is 6.19. The van der Waals surface area contributed by atoms with Crippen LogP contribution in [0, 0.1) is 0 Å². The lowest BCUT2D eigenvalue weighted by atomic mass is 10.0. The van der Waals surface area contributed by atoms with E-state index in [4.69, 9.17) is 14.7 Å². The van der Waals surface area contributed by atoms with Crippen LogP contribution in [-0.4, -0.2) is 49.9 Å². The topological polar surface area (TPSA) is 164 Å². The van der Waals surface area contributed by atoms with Crippen molar-refractivity contribution < 1.29 is 44.1 Å². The van der Waals surface area contributed by atoms with Crippen molar-refractivity contribution in [3.05, 3.63) is 48.0 Å². The fraction of sp³-hybridized carbons (Fsp3) is 0.588. The molecule has 2 aromatic rings. The zero-order valence-corrected chi connectivity index (χ0v) is 26.3. The minimum atomic E-state index is -1.06. The number of hydrogen-bond acceptors (Lipinski definition) is 8. The molecule has 0 aliphatic heterocycles. The summed E-state index contributed by atoms with van der Waals surface area (Å²) in [5.41, 5.74) is 0.788. The van der Waals surface area contributed by atoms with Crippen LogP contribution in [0.4, 0.5) is 0 Å². The Bertz CT molecular complexity index is 1130. The van der Waals surface area contributed by atoms with Crippen molar-refractivity contribution in [3.63, 3.8) is 0 Å². The van der Waals surface area contributed by atoms with Crippen molar-refractivity contribution in [1.29, 1.82) is 0 Å². The summed E-state index contributed by atoms with van der Waals surface area (Å²) in [5, 5.41) is 30.7. The van der Waals surface area contributed by atoms with Crippen LogP contribution in [0.1, 0.15) is 121 Å². The van der Waals surface area contributed by atoms with Gasteiger partial charge >= 0.3 is 17.9 Å². The van der Waals surface area contributed by atoms with Crippen LogP contribution < -0.4 is 10.2 Å². The Balaban J connectivity index is 1.61. The van der Waals surface area contributed by atoms with Gasteiger partial charge in [-0.3, -0.25) is 9.59 Å². The number of benzene rings is 1. The van der Waals surface area contributed by atoms with Gasteiger partial charge in [0.1, 0.15) is 12.6 Å². The van der Waals surface area contributed by atoms with Crippen molar-refractivity contribution >= 4 is 23.8 Å². The summed E-state index contributed by atoms with van der Waals surface area (Å²) in [5.74, 6) is -3.39. The van der Waals surface area contributed by atoms with Gasteiger partial charge in [0, 0.05) is 25.0 Å². The molecule has 0 bridgehead atoms. The number of ether oxygens (including phenoxy) is 1. The van der Waals surface area contributed by atoms with Crippen LogP contribution in [0.25, 0.3) is 0 Å². The number of carboxylic acid groups (broad SMARTS) is 1. The summed E-state index contributed by atoms with van der Waals surface area (Å²) in [6.07, 6.45) is 15.3. The highest BCUT2D eigenvalue weighted by Gasteiger charge is 2.24. The smallest absolute Gasteiger partial charge is 0.333 e. The third-order valence-electron chi connectivity index (χ3n) is 7.52. The monoisotopic (exact) mass is 630 g/mol. The van der Waals surface area contributed by atoms with Gasteiger partial charge in [-0.05, 0) is 24.8 Å². The summed E-state index contributed by atoms with van der Waals surface area (Å²) in [7, 11) is 0. The first kappa shape index (κ1) is 37.2. The highest BCUT2D eigenvalue weighted by Crippen LogP contribution is 2.19. The molecule has 0 aliphatic rings. The molecule has 2 rings (SSSR count). The maximum atomic E-state index is 12.8. The number of carboxylic acids is 1. The number of amides is 1. The van der Waals surface area contributed by atoms with Crippen LogP contribution in [-0.2, 0) is 30.5 Å². The normalized spacial score (nSPS) is 11.6. The third-order valence-corrected chi connectivity index (χ3v) is 7.52. The highest BCUT2D eigenvalue weighted by molar-refractivity contribution is 5.85. The summed E-state index contributed by atoms with van der Waals surface area (Å²) >= 11 is 0. The number of esters is 1. The number of rotatable bonds is 25. The van der Waals surface area contributed by atoms with Gasteiger partial charge in [-0.1, -0.05) is 107 Å². The molecule has 0 radical (unpaired) electrons. The number of carbonyl (C=O) groups is 4. The van der Waals surface area contributed by atoms with E-state index in [0.717, 1.165) is 56.2 Å². The number of hydrogen-bond donors (Lipinski definition) is 4. The fourth-order valence-corrected chi connectivity index (χ4v) is 4.93. The van der Waals surface area contributed by atoms with E-state index < -0.39 is 35.7 Å². The Hall–Kier alpha value is -4.02. The van der Waals surface area contributed by atoms with Crippen molar-refractivity contribution in [2.24, 2.45) is 0 Å². The van der Waals surface area contributed by atoms with Crippen molar-refractivity contribution in [1.82, 2.24) is 10.0 Å². The molecule has 0 spiro atoms. The van der Waals surface area contributed by atoms with Crippen LogP contribution in [0.5, 0.6) is 11.8 Å². The number of carbonyl (C=O) groups excluding carboxylic acids is 3. The van der Waals surface area contributed by atoms with Gasteiger partial charge in [0.2, 0.25) is 17.7 Å². The Kier molecular flexibility index (Phi) is 18.6. The molecule has 11 nitrogen and oxygen atoms in total. The molecular formula is C34H50N2O9. The molecule has 1 aromatic carbocycles. The number of nitrogens with one attached hydrogen (secondary N) is 1. The van der Waals surface area contributed by atoms with Crippen LogP contribution in [0.15, 0.2) is 42.5 Å². The summed E-state index contributed by atoms with van der Waals surface area (Å²) in [4.78, 5) is 53.2. The third kappa shape index (κ3) is 17.2. The largest absolute Gasteiger partial charge is 0.492 e. The van der Waals surface area contributed by atoms with E-state index in [1.165, 1.54) is 44.9 Å². The number of aromatic nitrogens is 1. The minimum Gasteiger partial charge on any atom is -0.492 e. The predicted molar refractivity (Wildman–Crippen MR) is 168 cm³/mol. The van der Waals surface area contributed by atoms with E-state index in [-0.39, 0.29) is 38.2 Å². The van der Waals surface area contributed by atoms with E-state index in [1.54, 1.807) is 0 Å². The number of aliphatic carboxylic acids is 1. The van der Waals surface area contributed by atoms with Crippen LogP contribution in [0.3, 0.4) is 0 Å². The summed E-state index contributed by atoms with van der Waals surface area (Å²) in [6.45, 7) is 0.0256. The van der Waals surface area contributed by atoms with Gasteiger partial charge in [0.15, 0.2) is 0 Å². The molecule has 0 saturated heterocycles. The van der Waals surface area contributed by atoms with Gasteiger partial charge in [-0.15, -0.1) is 4.73 Å². The second-order valence-electron chi connectivity index (χ2n) is 11.4. The van der Waals surface area contributed by atoms with Crippen molar-refractivity contribution in [2.45, 2.75) is 128 Å². The molecule has 11 heteroatoms. The quantitative estimate of drug-likeness (QED) is 0.0739. The molecule has 45 heavy (non-hydrogen) atoms. The lowest BCUT2D eigenvalue weighted by Gasteiger charge is -2.18. The number of nitrogens with zero attached hydrogens (tertiary/aromatic N) is 1. The molecule has 0 unspecified atom stereocenters. The molecule has 0 fully saturated rings. The maximum absolute atomic E-state index is 12.8. The van der Waals surface area contributed by atoms with E-state index in [1.807, 2.05) is 30.3 Å². The SMILES string of the molecule is O=C(O)CCCCCCCCCCCCCCCCC(=O)N[C@@H](CCC(=O)On1c(O)ccc1O)C(=O)OCc1ccccc1. The van der Waals surface area contributed by atoms with Gasteiger partial charge in [-0.2, -0.15) is 0 Å². The Morgan fingerprint density at radius 1 is 0.667 bits per heavy atom. The zero-order chi connectivity index (χ0) is 32.7. The second kappa shape index (κ2) is 22.5. The lowest BCUT2D eigenvalue weighted by Crippen LogP contribution is -2.42. The van der Waals surface area contributed by atoms with Gasteiger partial charge in [0.05, 0.1) is 6.42 Å². The average Bonchev–Trinajstić information content (AvgIpc) is 3.34. The molecule has 1 amide bonds. The Morgan fingerprint density at radius 2 is 1.16 bits per heavy atom. The van der Waals surface area contributed by atoms with E-state index in [9.17, 15) is 29.4 Å².